The number of ether oxygens (including phenoxy) is 2. The summed E-state index contributed by atoms with van der Waals surface area (Å²) in [4.78, 5) is 8.78. The Bertz CT molecular complexity index is 658. The smallest absolute Gasteiger partial charge is 0.202 e. The van der Waals surface area contributed by atoms with Gasteiger partial charge in [0.15, 0.2) is 5.82 Å². The first-order valence-corrected chi connectivity index (χ1v) is 8.64. The number of rotatable bonds is 8. The zero-order valence-corrected chi connectivity index (χ0v) is 15.3. The molecule has 0 spiro atoms. The second kappa shape index (κ2) is 9.18. The maximum atomic E-state index is 6.30. The molecule has 0 aliphatic carbocycles. The standard InChI is InChI=1S/C17H21Cl2N3O2/c1-3-9-23-17(24-10-4-2)14-13(19)15(20)22-16(21-14)11-5-7-12(18)8-6-11/h5-8,17H,3-4,9-10H2,1-2H3,(H2,20,21,22). The summed E-state index contributed by atoms with van der Waals surface area (Å²) in [6.07, 6.45) is 1.04. The van der Waals surface area contributed by atoms with Crippen LogP contribution in [0, 0.1) is 0 Å². The van der Waals surface area contributed by atoms with Crippen LogP contribution < -0.4 is 5.73 Å². The summed E-state index contributed by atoms with van der Waals surface area (Å²) in [7, 11) is 0. The number of hydrogen-bond acceptors (Lipinski definition) is 5. The molecule has 7 heteroatoms. The first-order valence-electron chi connectivity index (χ1n) is 7.88. The van der Waals surface area contributed by atoms with E-state index in [-0.39, 0.29) is 10.8 Å². The Morgan fingerprint density at radius 2 is 1.58 bits per heavy atom. The number of nitrogens with zero attached hydrogens (tertiary/aromatic N) is 2. The first-order chi connectivity index (χ1) is 11.6. The Morgan fingerprint density at radius 3 is 2.12 bits per heavy atom. The number of benzene rings is 1. The van der Waals surface area contributed by atoms with Gasteiger partial charge in [-0.3, -0.25) is 0 Å². The lowest BCUT2D eigenvalue weighted by molar-refractivity contribution is -0.149. The molecule has 1 aromatic carbocycles. The van der Waals surface area contributed by atoms with Crippen molar-refractivity contribution < 1.29 is 9.47 Å². The summed E-state index contributed by atoms with van der Waals surface area (Å²) >= 11 is 12.2. The van der Waals surface area contributed by atoms with Gasteiger partial charge in [-0.15, -0.1) is 0 Å². The highest BCUT2D eigenvalue weighted by Crippen LogP contribution is 2.31. The molecule has 1 heterocycles. The average Bonchev–Trinajstić information content (AvgIpc) is 2.58. The highest BCUT2D eigenvalue weighted by Gasteiger charge is 2.22. The second-order valence-corrected chi connectivity index (χ2v) is 6.03. The van der Waals surface area contributed by atoms with Crippen LogP contribution in [0.2, 0.25) is 10.0 Å². The van der Waals surface area contributed by atoms with E-state index in [9.17, 15) is 0 Å². The van der Waals surface area contributed by atoms with Crippen molar-refractivity contribution in [2.24, 2.45) is 0 Å². The van der Waals surface area contributed by atoms with Gasteiger partial charge in [-0.05, 0) is 37.1 Å². The molecule has 0 radical (unpaired) electrons. The maximum absolute atomic E-state index is 6.30. The first kappa shape index (κ1) is 18.9. The summed E-state index contributed by atoms with van der Waals surface area (Å²) < 4.78 is 11.5. The topological polar surface area (TPSA) is 70.3 Å². The summed E-state index contributed by atoms with van der Waals surface area (Å²) in [6, 6.07) is 7.18. The monoisotopic (exact) mass is 369 g/mol. The minimum atomic E-state index is -0.672. The predicted octanol–water partition coefficient (Wildman–Crippen LogP) is 4.88. The molecule has 0 aliphatic rings. The molecule has 0 bridgehead atoms. The zero-order chi connectivity index (χ0) is 17.5. The fourth-order valence-electron chi connectivity index (χ4n) is 2.02. The second-order valence-electron chi connectivity index (χ2n) is 5.21. The number of nitrogens with two attached hydrogens (primary N) is 1. The number of anilines is 1. The Morgan fingerprint density at radius 1 is 1.00 bits per heavy atom. The highest BCUT2D eigenvalue weighted by atomic mass is 35.5. The predicted molar refractivity (Wildman–Crippen MR) is 97.1 cm³/mol. The highest BCUT2D eigenvalue weighted by molar-refractivity contribution is 6.33. The van der Waals surface area contributed by atoms with Gasteiger partial charge >= 0.3 is 0 Å². The van der Waals surface area contributed by atoms with E-state index in [0.29, 0.717) is 29.8 Å². The summed E-state index contributed by atoms with van der Waals surface area (Å²) in [5.41, 5.74) is 7.19. The molecule has 130 valence electrons. The molecule has 2 N–H and O–H groups in total. The van der Waals surface area contributed by atoms with Crippen LogP contribution in [0.4, 0.5) is 5.82 Å². The van der Waals surface area contributed by atoms with Crippen molar-refractivity contribution in [3.05, 3.63) is 40.0 Å². The van der Waals surface area contributed by atoms with E-state index >= 15 is 0 Å². The SMILES string of the molecule is CCCOC(OCCC)c1nc(-c2ccc(Cl)cc2)nc(N)c1Cl. The van der Waals surface area contributed by atoms with E-state index in [1.807, 2.05) is 26.0 Å². The van der Waals surface area contributed by atoms with Crippen LogP contribution in [0.1, 0.15) is 38.7 Å². The van der Waals surface area contributed by atoms with Crippen LogP contribution in [0.15, 0.2) is 24.3 Å². The molecule has 0 fully saturated rings. The van der Waals surface area contributed by atoms with Gasteiger partial charge in [0.1, 0.15) is 16.5 Å². The van der Waals surface area contributed by atoms with Crippen molar-refractivity contribution in [1.82, 2.24) is 9.97 Å². The quantitative estimate of drug-likeness (QED) is 0.671. The van der Waals surface area contributed by atoms with Crippen LogP contribution >= 0.6 is 23.2 Å². The number of hydrogen-bond donors (Lipinski definition) is 1. The third kappa shape index (κ3) is 4.80. The van der Waals surface area contributed by atoms with Crippen LogP contribution in [-0.4, -0.2) is 23.2 Å². The molecule has 2 aromatic rings. The largest absolute Gasteiger partial charge is 0.382 e. The summed E-state index contributed by atoms with van der Waals surface area (Å²) in [6.45, 7) is 5.10. The van der Waals surface area contributed by atoms with Gasteiger partial charge in [0.05, 0.1) is 0 Å². The van der Waals surface area contributed by atoms with E-state index in [4.69, 9.17) is 38.4 Å². The normalized spacial score (nSPS) is 11.2. The van der Waals surface area contributed by atoms with E-state index < -0.39 is 6.29 Å². The van der Waals surface area contributed by atoms with Crippen molar-refractivity contribution in [1.29, 1.82) is 0 Å². The van der Waals surface area contributed by atoms with Gasteiger partial charge < -0.3 is 15.2 Å². The van der Waals surface area contributed by atoms with Crippen LogP contribution in [-0.2, 0) is 9.47 Å². The van der Waals surface area contributed by atoms with E-state index in [1.54, 1.807) is 12.1 Å². The minimum absolute atomic E-state index is 0.191. The third-order valence-corrected chi connectivity index (χ3v) is 3.81. The lowest BCUT2D eigenvalue weighted by Crippen LogP contribution is -2.15. The van der Waals surface area contributed by atoms with E-state index in [0.717, 1.165) is 18.4 Å². The lowest BCUT2D eigenvalue weighted by Gasteiger charge is -2.19. The maximum Gasteiger partial charge on any atom is 0.202 e. The van der Waals surface area contributed by atoms with Gasteiger partial charge in [-0.2, -0.15) is 0 Å². The van der Waals surface area contributed by atoms with Crippen LogP contribution in [0.3, 0.4) is 0 Å². The summed E-state index contributed by atoms with van der Waals surface area (Å²) in [5, 5.41) is 0.890. The summed E-state index contributed by atoms with van der Waals surface area (Å²) in [5.74, 6) is 0.644. The number of nitrogen functional groups attached to an aromatic ring is 1. The van der Waals surface area contributed by atoms with Crippen molar-refractivity contribution in [2.75, 3.05) is 18.9 Å². The Hall–Kier alpha value is -1.40. The van der Waals surface area contributed by atoms with E-state index in [2.05, 4.69) is 9.97 Å². The molecule has 0 amide bonds. The van der Waals surface area contributed by atoms with Gasteiger partial charge in [-0.1, -0.05) is 37.0 Å². The number of aromatic nitrogens is 2. The molecule has 1 aromatic heterocycles. The Balaban J connectivity index is 2.41. The fraction of sp³-hybridized carbons (Fsp3) is 0.412. The number of halogens is 2. The Kier molecular flexibility index (Phi) is 7.24. The van der Waals surface area contributed by atoms with Gasteiger partial charge in [0, 0.05) is 23.8 Å². The molecule has 2 rings (SSSR count). The fourth-order valence-corrected chi connectivity index (χ4v) is 2.32. The molecule has 0 unspecified atom stereocenters. The molecule has 0 aliphatic heterocycles. The molecular formula is C17H21Cl2N3O2. The molecule has 0 atom stereocenters. The van der Waals surface area contributed by atoms with Crippen LogP contribution in [0.5, 0.6) is 0 Å². The van der Waals surface area contributed by atoms with Gasteiger partial charge in [0.2, 0.25) is 6.29 Å². The van der Waals surface area contributed by atoms with Crippen molar-refractivity contribution in [2.45, 2.75) is 33.0 Å². The Labute approximate surface area is 152 Å². The van der Waals surface area contributed by atoms with Crippen molar-refractivity contribution in [3.63, 3.8) is 0 Å². The molecule has 0 saturated carbocycles. The van der Waals surface area contributed by atoms with Crippen LogP contribution in [0.25, 0.3) is 11.4 Å². The van der Waals surface area contributed by atoms with Crippen molar-refractivity contribution >= 4 is 29.0 Å². The lowest BCUT2D eigenvalue weighted by atomic mass is 10.2. The van der Waals surface area contributed by atoms with E-state index in [1.165, 1.54) is 0 Å². The molecule has 5 nitrogen and oxygen atoms in total. The van der Waals surface area contributed by atoms with Gasteiger partial charge in [0.25, 0.3) is 0 Å². The van der Waals surface area contributed by atoms with Gasteiger partial charge in [-0.25, -0.2) is 9.97 Å². The minimum Gasteiger partial charge on any atom is -0.382 e. The zero-order valence-electron chi connectivity index (χ0n) is 13.8. The molecule has 24 heavy (non-hydrogen) atoms. The molecule has 0 saturated heterocycles. The third-order valence-electron chi connectivity index (χ3n) is 3.17. The van der Waals surface area contributed by atoms with Crippen molar-refractivity contribution in [3.8, 4) is 11.4 Å². The molecular weight excluding hydrogens is 349 g/mol. The average molecular weight is 370 g/mol.